The fourth-order valence-corrected chi connectivity index (χ4v) is 10.5. The minimum Gasteiger partial charge on any atom is -0.481 e. The fourth-order valence-electron chi connectivity index (χ4n) is 10.5. The van der Waals surface area contributed by atoms with Crippen LogP contribution in [0.1, 0.15) is 115 Å². The monoisotopic (exact) mass is 711 g/mol. The van der Waals surface area contributed by atoms with Crippen LogP contribution in [0.4, 0.5) is 0 Å². The predicted octanol–water partition coefficient (Wildman–Crippen LogP) is 3.08. The standard InChI is InChI=1S/C40H66N6O5/c1-27-34(47)21-33(46-16-15-42-26-46)32(44-27)20-35(48)30-9-6-12-39(10-3-4-11-39)13-14-40(51,24-37(49)50)25-43-38(2)22-31(45-36(41)23-38)19-29-8-5-7-28(17-29)18-30/h5,7-8,15,17,27,30-36,43-45,47-48,51H,3-4,6,9-14,16,18-26,41H2,1-2H3,(H,49,50)/t27-,30-,31+,32+,33-,34+,35-,36+,38+,40+/m0/s1. The molecule has 6 rings (SSSR count). The number of hydrogen-bond acceptors (Lipinski definition) is 10. The summed E-state index contributed by atoms with van der Waals surface area (Å²) in [5.74, 6) is -0.908. The van der Waals surface area contributed by atoms with Crippen molar-refractivity contribution in [1.29, 1.82) is 0 Å². The van der Waals surface area contributed by atoms with Crippen molar-refractivity contribution in [1.82, 2.24) is 20.9 Å². The molecule has 10 atom stereocenters. The predicted molar refractivity (Wildman–Crippen MR) is 201 cm³/mol. The molecule has 1 aromatic rings. The first-order valence-electron chi connectivity index (χ1n) is 19.9. The molecular formula is C40H66N6O5. The topological polar surface area (TPSA) is 176 Å². The first kappa shape index (κ1) is 38.8. The summed E-state index contributed by atoms with van der Waals surface area (Å²) < 4.78 is 0. The quantitative estimate of drug-likeness (QED) is 0.219. The highest BCUT2D eigenvalue weighted by Crippen LogP contribution is 2.48. The van der Waals surface area contributed by atoms with Crippen LogP contribution < -0.4 is 21.7 Å². The number of aliphatic hydroxyl groups excluding tert-OH is 2. The van der Waals surface area contributed by atoms with Gasteiger partial charge in [-0.25, -0.2) is 0 Å². The molecule has 0 unspecified atom stereocenters. The Morgan fingerprint density at radius 1 is 1.08 bits per heavy atom. The summed E-state index contributed by atoms with van der Waals surface area (Å²) in [7, 11) is 0. The molecular weight excluding hydrogens is 644 g/mol. The zero-order valence-electron chi connectivity index (χ0n) is 31.1. The van der Waals surface area contributed by atoms with E-state index in [1.807, 2.05) is 13.1 Å². The van der Waals surface area contributed by atoms with Crippen molar-refractivity contribution in [2.75, 3.05) is 19.8 Å². The molecule has 5 aliphatic rings. The van der Waals surface area contributed by atoms with Crippen LogP contribution in [-0.4, -0.2) is 111 Å². The van der Waals surface area contributed by atoms with Gasteiger partial charge in [-0.2, -0.15) is 0 Å². The second-order valence-electron chi connectivity index (χ2n) is 17.7. The van der Waals surface area contributed by atoms with Crippen LogP contribution in [-0.2, 0) is 17.6 Å². The number of carbonyl (C=O) groups is 1. The Kier molecular flexibility index (Phi) is 12.6. The molecule has 1 aliphatic carbocycles. The van der Waals surface area contributed by atoms with Crippen molar-refractivity contribution < 1.29 is 25.2 Å². The van der Waals surface area contributed by atoms with E-state index in [1.54, 1.807) is 0 Å². The number of rotatable bonds is 6. The van der Waals surface area contributed by atoms with Gasteiger partial charge < -0.3 is 36.8 Å². The van der Waals surface area contributed by atoms with Gasteiger partial charge in [-0.3, -0.25) is 20.0 Å². The summed E-state index contributed by atoms with van der Waals surface area (Å²) in [5, 5.41) is 55.6. The molecule has 0 aromatic heterocycles. The van der Waals surface area contributed by atoms with Gasteiger partial charge in [-0.15, -0.1) is 0 Å². The van der Waals surface area contributed by atoms with Gasteiger partial charge >= 0.3 is 5.97 Å². The van der Waals surface area contributed by atoms with E-state index in [0.29, 0.717) is 32.4 Å². The lowest BCUT2D eigenvalue weighted by Crippen LogP contribution is -2.63. The van der Waals surface area contributed by atoms with Crippen molar-refractivity contribution in [2.24, 2.45) is 22.1 Å². The van der Waals surface area contributed by atoms with Gasteiger partial charge in [0, 0.05) is 49.0 Å². The Bertz CT molecular complexity index is 1330. The molecule has 4 bridgehead atoms. The maximum Gasteiger partial charge on any atom is 0.306 e. The Balaban J connectivity index is 1.26. The van der Waals surface area contributed by atoms with Crippen LogP contribution in [0.2, 0.25) is 0 Å². The van der Waals surface area contributed by atoms with E-state index in [-0.39, 0.29) is 60.2 Å². The number of fused-ring (bicyclic) bond motifs is 4. The Morgan fingerprint density at radius 2 is 1.82 bits per heavy atom. The van der Waals surface area contributed by atoms with Gasteiger partial charge in [-0.05, 0) is 113 Å². The number of nitrogens with zero attached hydrogens (tertiary/aromatic N) is 2. The van der Waals surface area contributed by atoms with Crippen LogP contribution >= 0.6 is 0 Å². The minimum absolute atomic E-state index is 0.0375. The van der Waals surface area contributed by atoms with Crippen LogP contribution in [0.3, 0.4) is 0 Å². The SMILES string of the molecule is C[C@@H]1N[C@H](C[C@H](O)[C@H]2CCCC3(CCCC3)CC[C@@](O)(CC(=O)O)CN[C@]3(C)C[C@@H](Cc4cccc(c4)C2)N[C@@H](N)C3)[C@@H](N2CC=NC2)C[C@H]1O. The van der Waals surface area contributed by atoms with E-state index in [1.165, 1.54) is 11.1 Å². The Labute approximate surface area is 305 Å². The van der Waals surface area contributed by atoms with Crippen molar-refractivity contribution in [3.8, 4) is 0 Å². The Morgan fingerprint density at radius 3 is 2.55 bits per heavy atom. The number of nitrogens with two attached hydrogens (primary N) is 1. The Hall–Kier alpha value is -1.96. The van der Waals surface area contributed by atoms with Crippen LogP contribution in [0.25, 0.3) is 0 Å². The second kappa shape index (κ2) is 16.6. The number of aliphatic hydroxyl groups is 3. The molecule has 4 heterocycles. The summed E-state index contributed by atoms with van der Waals surface area (Å²) in [4.78, 5) is 18.8. The average Bonchev–Trinajstić information content (AvgIpc) is 3.77. The van der Waals surface area contributed by atoms with Gasteiger partial charge in [-0.1, -0.05) is 43.5 Å². The molecule has 0 radical (unpaired) electrons. The van der Waals surface area contributed by atoms with Crippen LogP contribution in [0.5, 0.6) is 0 Å². The number of piperidine rings is 2. The number of β-amino-alcohol motifs (C(OH)–C–C–N with tert-alkyl or cyclic N) is 1. The highest BCUT2D eigenvalue weighted by molar-refractivity contribution is 5.68. The van der Waals surface area contributed by atoms with E-state index < -0.39 is 23.8 Å². The van der Waals surface area contributed by atoms with Gasteiger partial charge in [0.05, 0.1) is 37.1 Å². The zero-order chi connectivity index (χ0) is 36.2. The zero-order valence-corrected chi connectivity index (χ0v) is 31.1. The summed E-state index contributed by atoms with van der Waals surface area (Å²) >= 11 is 0. The maximum absolute atomic E-state index is 12.1. The summed E-state index contributed by atoms with van der Waals surface area (Å²) in [5.41, 5.74) is 7.44. The van der Waals surface area contributed by atoms with Gasteiger partial charge in [0.1, 0.15) is 0 Å². The maximum atomic E-state index is 12.1. The lowest BCUT2D eigenvalue weighted by molar-refractivity contribution is -0.143. The molecule has 2 saturated heterocycles. The molecule has 286 valence electrons. The van der Waals surface area contributed by atoms with Crippen molar-refractivity contribution >= 4 is 12.2 Å². The van der Waals surface area contributed by atoms with E-state index >= 15 is 0 Å². The highest BCUT2D eigenvalue weighted by Gasteiger charge is 2.43. The molecule has 3 fully saturated rings. The largest absolute Gasteiger partial charge is 0.481 e. The van der Waals surface area contributed by atoms with E-state index in [0.717, 1.165) is 77.2 Å². The number of nitrogens with one attached hydrogen (secondary N) is 3. The molecule has 1 aromatic carbocycles. The molecule has 9 N–H and O–H groups in total. The molecule has 51 heavy (non-hydrogen) atoms. The van der Waals surface area contributed by atoms with E-state index in [4.69, 9.17) is 5.73 Å². The molecule has 4 aliphatic heterocycles. The number of aliphatic imine (C=N–C) groups is 1. The average molecular weight is 711 g/mol. The summed E-state index contributed by atoms with van der Waals surface area (Å²) in [6.07, 6.45) is 13.6. The van der Waals surface area contributed by atoms with Gasteiger partial charge in [0.25, 0.3) is 0 Å². The van der Waals surface area contributed by atoms with Crippen LogP contribution in [0, 0.1) is 11.3 Å². The number of hydrogen-bond donors (Lipinski definition) is 8. The first-order valence-corrected chi connectivity index (χ1v) is 19.9. The van der Waals surface area contributed by atoms with Gasteiger partial charge in [0.2, 0.25) is 0 Å². The normalized spacial score (nSPS) is 39.0. The van der Waals surface area contributed by atoms with Gasteiger partial charge in [0.15, 0.2) is 0 Å². The number of benzene rings is 1. The molecule has 11 nitrogen and oxygen atoms in total. The van der Waals surface area contributed by atoms with Crippen molar-refractivity contribution in [3.05, 3.63) is 35.4 Å². The third-order valence-electron chi connectivity index (χ3n) is 13.4. The van der Waals surface area contributed by atoms with Crippen LogP contribution in [0.15, 0.2) is 29.3 Å². The van der Waals surface area contributed by atoms with Crippen molar-refractivity contribution in [3.63, 3.8) is 0 Å². The molecule has 0 amide bonds. The fraction of sp³-hybridized carbons (Fsp3) is 0.800. The highest BCUT2D eigenvalue weighted by atomic mass is 16.4. The minimum atomic E-state index is -1.35. The lowest BCUT2D eigenvalue weighted by atomic mass is 9.73. The second-order valence-corrected chi connectivity index (χ2v) is 17.7. The molecule has 11 heteroatoms. The first-order chi connectivity index (χ1) is 24.3. The third-order valence-corrected chi connectivity index (χ3v) is 13.4. The van der Waals surface area contributed by atoms with E-state index in [2.05, 4.69) is 57.0 Å². The summed E-state index contributed by atoms with van der Waals surface area (Å²) in [6, 6.07) is 9.08. The number of aliphatic carboxylic acids is 1. The number of carboxylic acids is 1. The van der Waals surface area contributed by atoms with E-state index in [9.17, 15) is 25.2 Å². The number of carboxylic acid groups (broad SMARTS) is 1. The molecule has 1 spiro atoms. The summed E-state index contributed by atoms with van der Waals surface area (Å²) in [6.45, 7) is 5.83. The third kappa shape index (κ3) is 10.2. The molecule has 1 saturated carbocycles. The van der Waals surface area contributed by atoms with Crippen molar-refractivity contribution in [2.45, 2.75) is 170 Å². The lowest BCUT2D eigenvalue weighted by Gasteiger charge is -2.45. The smallest absolute Gasteiger partial charge is 0.306 e.